The fourth-order valence-corrected chi connectivity index (χ4v) is 3.68. The first kappa shape index (κ1) is 20.5. The van der Waals surface area contributed by atoms with Gasteiger partial charge in [-0.1, -0.05) is 23.2 Å². The van der Waals surface area contributed by atoms with Gasteiger partial charge in [0.2, 0.25) is 11.8 Å². The van der Waals surface area contributed by atoms with Gasteiger partial charge in [0, 0.05) is 37.1 Å². The molecular weight excluding hydrogens is 405 g/mol. The Bertz CT molecular complexity index is 859. The van der Waals surface area contributed by atoms with Crippen LogP contribution in [0.5, 0.6) is 0 Å². The number of nitrogens with two attached hydrogens (primary N) is 2. The molecule has 0 spiro atoms. The van der Waals surface area contributed by atoms with Crippen LogP contribution in [0.1, 0.15) is 31.2 Å². The number of rotatable bonds is 6. The van der Waals surface area contributed by atoms with Crippen LogP contribution in [0.3, 0.4) is 0 Å². The number of hydrogen-bond acceptors (Lipinski definition) is 8. The maximum absolute atomic E-state index is 11.0. The first-order valence-electron chi connectivity index (χ1n) is 8.90. The van der Waals surface area contributed by atoms with Gasteiger partial charge in [0.15, 0.2) is 0 Å². The van der Waals surface area contributed by atoms with Gasteiger partial charge in [0.25, 0.3) is 0 Å². The van der Waals surface area contributed by atoms with Gasteiger partial charge in [-0.05, 0) is 31.6 Å². The van der Waals surface area contributed by atoms with Crippen molar-refractivity contribution in [3.63, 3.8) is 0 Å². The van der Waals surface area contributed by atoms with Gasteiger partial charge in [0.05, 0.1) is 15.0 Å². The Morgan fingerprint density at radius 1 is 1.21 bits per heavy atom. The van der Waals surface area contributed by atoms with E-state index in [4.69, 9.17) is 34.7 Å². The lowest BCUT2D eigenvalue weighted by molar-refractivity contribution is -0.384. The summed E-state index contributed by atoms with van der Waals surface area (Å²) in [6, 6.07) is 0.238. The van der Waals surface area contributed by atoms with E-state index in [1.165, 1.54) is 6.20 Å². The first-order chi connectivity index (χ1) is 13.3. The normalized spacial score (nSPS) is 19.4. The van der Waals surface area contributed by atoms with Gasteiger partial charge in [-0.15, -0.1) is 0 Å². The van der Waals surface area contributed by atoms with Crippen LogP contribution < -0.4 is 16.4 Å². The Hall–Kier alpha value is -2.23. The van der Waals surface area contributed by atoms with Crippen molar-refractivity contribution in [2.75, 3.05) is 17.2 Å². The molecule has 0 amide bonds. The molecule has 0 saturated heterocycles. The summed E-state index contributed by atoms with van der Waals surface area (Å²) in [5.41, 5.74) is 12.2. The van der Waals surface area contributed by atoms with Crippen molar-refractivity contribution in [2.24, 2.45) is 11.7 Å². The Morgan fingerprint density at radius 3 is 2.57 bits per heavy atom. The van der Waals surface area contributed by atoms with Gasteiger partial charge in [0.1, 0.15) is 6.20 Å². The van der Waals surface area contributed by atoms with Crippen LogP contribution in [0.4, 0.5) is 17.5 Å². The zero-order chi connectivity index (χ0) is 20.3. The molecule has 1 aliphatic rings. The van der Waals surface area contributed by atoms with Gasteiger partial charge in [-0.3, -0.25) is 15.1 Å². The molecule has 1 saturated carbocycles. The second-order valence-electron chi connectivity index (χ2n) is 6.95. The van der Waals surface area contributed by atoms with Gasteiger partial charge in [-0.2, -0.15) is 4.98 Å². The molecule has 3 rings (SSSR count). The van der Waals surface area contributed by atoms with E-state index >= 15 is 0 Å². The summed E-state index contributed by atoms with van der Waals surface area (Å²) in [7, 11) is 0. The maximum Gasteiger partial charge on any atom is 0.329 e. The van der Waals surface area contributed by atoms with Crippen molar-refractivity contribution < 1.29 is 4.92 Å². The summed E-state index contributed by atoms with van der Waals surface area (Å²) >= 11 is 12.4. The number of halogens is 2. The van der Waals surface area contributed by atoms with E-state index in [9.17, 15) is 10.1 Å². The van der Waals surface area contributed by atoms with E-state index in [0.29, 0.717) is 40.6 Å². The first-order valence-corrected chi connectivity index (χ1v) is 9.66. The smallest absolute Gasteiger partial charge is 0.329 e. The lowest BCUT2D eigenvalue weighted by atomic mass is 9.86. The zero-order valence-electron chi connectivity index (χ0n) is 15.1. The fraction of sp³-hybridized carbons (Fsp3) is 0.471. The quantitative estimate of drug-likeness (QED) is 0.531. The van der Waals surface area contributed by atoms with E-state index in [-0.39, 0.29) is 17.5 Å². The Morgan fingerprint density at radius 2 is 1.93 bits per heavy atom. The van der Waals surface area contributed by atoms with E-state index < -0.39 is 4.92 Å². The van der Waals surface area contributed by atoms with Crippen molar-refractivity contribution in [3.8, 4) is 0 Å². The molecule has 0 aromatic carbocycles. The van der Waals surface area contributed by atoms with Gasteiger partial charge < -0.3 is 16.4 Å². The molecular formula is C17H21Cl2N7O2. The molecule has 2 aromatic rings. The highest BCUT2D eigenvalue weighted by atomic mass is 35.5. The predicted octanol–water partition coefficient (Wildman–Crippen LogP) is 3.19. The third-order valence-electron chi connectivity index (χ3n) is 4.91. The van der Waals surface area contributed by atoms with E-state index in [1.807, 2.05) is 4.90 Å². The van der Waals surface area contributed by atoms with E-state index in [1.54, 1.807) is 6.20 Å². The average molecular weight is 426 g/mol. The van der Waals surface area contributed by atoms with Crippen LogP contribution in [-0.2, 0) is 6.54 Å². The lowest BCUT2D eigenvalue weighted by Crippen LogP contribution is -2.35. The SMILES string of the molecule is Nc1nc(N(Cc2cncc(Cl)c2Cl)C[C@H]2CC[C@H](N)CC2)ncc1[N+](=O)[O-]. The van der Waals surface area contributed by atoms with Gasteiger partial charge >= 0.3 is 5.69 Å². The molecule has 0 aliphatic heterocycles. The minimum absolute atomic E-state index is 0.180. The Labute approximate surface area is 172 Å². The summed E-state index contributed by atoms with van der Waals surface area (Å²) < 4.78 is 0. The van der Waals surface area contributed by atoms with Crippen LogP contribution in [0, 0.1) is 16.0 Å². The molecule has 0 unspecified atom stereocenters. The van der Waals surface area contributed by atoms with Gasteiger partial charge in [-0.25, -0.2) is 4.98 Å². The standard InChI is InChI=1S/C17H21Cl2N7O2/c18-13-6-22-5-11(15(13)19)9-25(8-10-1-3-12(20)4-2-10)17-23-7-14(26(27)28)16(21)24-17/h5-7,10,12H,1-4,8-9,20H2,(H2,21,23,24)/t10-,12-. The van der Waals surface area contributed by atoms with Crippen molar-refractivity contribution >= 4 is 40.7 Å². The highest BCUT2D eigenvalue weighted by Crippen LogP contribution is 2.30. The highest BCUT2D eigenvalue weighted by molar-refractivity contribution is 6.42. The summed E-state index contributed by atoms with van der Waals surface area (Å²) in [5.74, 6) is 0.515. The van der Waals surface area contributed by atoms with Crippen molar-refractivity contribution in [1.82, 2.24) is 15.0 Å². The van der Waals surface area contributed by atoms with E-state index in [2.05, 4.69) is 15.0 Å². The number of hydrogen-bond donors (Lipinski definition) is 2. The number of anilines is 2. The second-order valence-corrected chi connectivity index (χ2v) is 7.74. The zero-order valence-corrected chi connectivity index (χ0v) is 16.6. The Kier molecular flexibility index (Phi) is 6.48. The Balaban J connectivity index is 1.88. The van der Waals surface area contributed by atoms with E-state index in [0.717, 1.165) is 31.9 Å². The molecule has 150 valence electrons. The molecule has 0 atom stereocenters. The highest BCUT2D eigenvalue weighted by Gasteiger charge is 2.25. The fourth-order valence-electron chi connectivity index (χ4n) is 3.35. The molecule has 4 N–H and O–H groups in total. The molecule has 1 aliphatic carbocycles. The largest absolute Gasteiger partial charge is 0.378 e. The van der Waals surface area contributed by atoms with Crippen molar-refractivity contribution in [3.05, 3.63) is 44.3 Å². The molecule has 2 aromatic heterocycles. The average Bonchev–Trinajstić information content (AvgIpc) is 2.66. The summed E-state index contributed by atoms with van der Waals surface area (Å²) in [6.45, 7) is 0.999. The molecule has 0 bridgehead atoms. The molecule has 11 heteroatoms. The third-order valence-corrected chi connectivity index (χ3v) is 5.74. The summed E-state index contributed by atoms with van der Waals surface area (Å²) in [4.78, 5) is 24.7. The maximum atomic E-state index is 11.0. The third kappa shape index (κ3) is 4.78. The minimum Gasteiger partial charge on any atom is -0.378 e. The topological polar surface area (TPSA) is 137 Å². The van der Waals surface area contributed by atoms with Crippen LogP contribution >= 0.6 is 23.2 Å². The van der Waals surface area contributed by atoms with Crippen LogP contribution in [0.15, 0.2) is 18.6 Å². The van der Waals surface area contributed by atoms with Crippen LogP contribution in [0.25, 0.3) is 0 Å². The van der Waals surface area contributed by atoms with Crippen LogP contribution in [-0.4, -0.2) is 32.5 Å². The number of nitro groups is 1. The summed E-state index contributed by atoms with van der Waals surface area (Å²) in [5, 5.41) is 11.8. The van der Waals surface area contributed by atoms with Crippen molar-refractivity contribution in [1.29, 1.82) is 0 Å². The number of aromatic nitrogens is 3. The summed E-state index contributed by atoms with van der Waals surface area (Å²) in [6.07, 6.45) is 8.12. The van der Waals surface area contributed by atoms with Crippen molar-refractivity contribution in [2.45, 2.75) is 38.3 Å². The second kappa shape index (κ2) is 8.85. The predicted molar refractivity (Wildman–Crippen MR) is 108 cm³/mol. The number of nitrogen functional groups attached to an aromatic ring is 1. The molecule has 1 fully saturated rings. The lowest BCUT2D eigenvalue weighted by Gasteiger charge is -2.32. The molecule has 28 heavy (non-hydrogen) atoms. The monoisotopic (exact) mass is 425 g/mol. The molecule has 0 radical (unpaired) electrons. The number of pyridine rings is 1. The van der Waals surface area contributed by atoms with Crippen LogP contribution in [0.2, 0.25) is 10.0 Å². The number of nitrogens with zero attached hydrogens (tertiary/aromatic N) is 5. The molecule has 2 heterocycles. The minimum atomic E-state index is -0.607. The molecule has 9 nitrogen and oxygen atoms in total.